The number of carboxylic acid groups (broad SMARTS) is 1. The number of carbonyl (C=O) groups is 2. The van der Waals surface area contributed by atoms with E-state index in [0.29, 0.717) is 12.2 Å². The van der Waals surface area contributed by atoms with Crippen LogP contribution in [0, 0.1) is 0 Å². The summed E-state index contributed by atoms with van der Waals surface area (Å²) in [4.78, 5) is 26.4. The molecule has 0 aliphatic heterocycles. The van der Waals surface area contributed by atoms with Gasteiger partial charge >= 0.3 is 5.97 Å². The number of oxazole rings is 1. The van der Waals surface area contributed by atoms with Gasteiger partial charge in [0.2, 0.25) is 5.89 Å². The highest BCUT2D eigenvalue weighted by atomic mass is 79.9. The van der Waals surface area contributed by atoms with E-state index in [1.165, 1.54) is 0 Å². The second-order valence-electron chi connectivity index (χ2n) is 3.94. The molecule has 0 aliphatic rings. The quantitative estimate of drug-likeness (QED) is 0.865. The van der Waals surface area contributed by atoms with Crippen molar-refractivity contribution >= 4 is 27.8 Å². The zero-order valence-corrected chi connectivity index (χ0v) is 12.2. The Hall–Kier alpha value is -2.09. The van der Waals surface area contributed by atoms with E-state index < -0.39 is 5.97 Å². The van der Waals surface area contributed by atoms with Crippen molar-refractivity contribution in [2.45, 2.75) is 20.0 Å². The summed E-state index contributed by atoms with van der Waals surface area (Å²) in [5.74, 6) is -1.31. The maximum Gasteiger partial charge on any atom is 0.357 e. The Bertz CT molecular complexity index is 647. The summed E-state index contributed by atoms with van der Waals surface area (Å²) in [6.45, 7) is 2.62. The highest BCUT2D eigenvalue weighted by Crippen LogP contribution is 2.15. The molecule has 0 aromatic carbocycles. The minimum atomic E-state index is -1.17. The van der Waals surface area contributed by atoms with Gasteiger partial charge in [-0.1, -0.05) is 0 Å². The first kappa shape index (κ1) is 14.3. The highest BCUT2D eigenvalue weighted by Gasteiger charge is 2.14. The molecule has 8 heteroatoms. The van der Waals surface area contributed by atoms with Crippen LogP contribution in [0.5, 0.6) is 0 Å². The molecule has 0 spiro atoms. The first-order chi connectivity index (χ1) is 9.51. The van der Waals surface area contributed by atoms with Crippen molar-refractivity contribution in [1.82, 2.24) is 14.9 Å². The number of hydrogen-bond donors (Lipinski definition) is 2. The third kappa shape index (κ3) is 3.08. The minimum absolute atomic E-state index is 0.0264. The lowest BCUT2D eigenvalue weighted by atomic mass is 10.4. The van der Waals surface area contributed by atoms with Gasteiger partial charge in [0.25, 0.3) is 5.91 Å². The fraction of sp³-hybridized carbons (Fsp3) is 0.250. The second-order valence-corrected chi connectivity index (χ2v) is 4.86. The van der Waals surface area contributed by atoms with Crippen LogP contribution in [0.2, 0.25) is 0 Å². The van der Waals surface area contributed by atoms with Gasteiger partial charge in [-0.2, -0.15) is 0 Å². The zero-order chi connectivity index (χ0) is 14.7. The van der Waals surface area contributed by atoms with Gasteiger partial charge in [0.05, 0.1) is 6.54 Å². The third-order valence-electron chi connectivity index (χ3n) is 2.61. The van der Waals surface area contributed by atoms with Gasteiger partial charge in [-0.25, -0.2) is 9.78 Å². The van der Waals surface area contributed by atoms with Crippen molar-refractivity contribution in [3.8, 4) is 0 Å². The van der Waals surface area contributed by atoms with E-state index in [2.05, 4.69) is 26.2 Å². The summed E-state index contributed by atoms with van der Waals surface area (Å²) >= 11 is 3.31. The highest BCUT2D eigenvalue weighted by molar-refractivity contribution is 9.10. The average Bonchev–Trinajstić information content (AvgIpc) is 3.02. The summed E-state index contributed by atoms with van der Waals surface area (Å²) in [6.07, 6.45) is 2.84. The minimum Gasteiger partial charge on any atom is -0.476 e. The molecular formula is C12H12BrN3O4. The molecule has 0 aliphatic carbocycles. The summed E-state index contributed by atoms with van der Waals surface area (Å²) in [5, 5.41) is 11.3. The number of nitrogens with one attached hydrogen (secondary N) is 1. The van der Waals surface area contributed by atoms with Gasteiger partial charge in [0, 0.05) is 17.2 Å². The third-order valence-corrected chi connectivity index (χ3v) is 3.04. The van der Waals surface area contributed by atoms with Crippen molar-refractivity contribution < 1.29 is 19.1 Å². The van der Waals surface area contributed by atoms with E-state index in [4.69, 9.17) is 9.52 Å². The van der Waals surface area contributed by atoms with Crippen molar-refractivity contribution in [1.29, 1.82) is 0 Å². The SMILES string of the molecule is CCn1cc(Br)cc1C(=O)NCc1nc(C(=O)O)co1. The van der Waals surface area contributed by atoms with Crippen LogP contribution in [0.3, 0.4) is 0 Å². The number of aromatic nitrogens is 2. The maximum absolute atomic E-state index is 12.0. The van der Waals surface area contributed by atoms with Gasteiger partial charge in [0.15, 0.2) is 5.69 Å². The number of nitrogens with zero attached hydrogens (tertiary/aromatic N) is 2. The van der Waals surface area contributed by atoms with Gasteiger partial charge < -0.3 is 19.4 Å². The number of hydrogen-bond acceptors (Lipinski definition) is 4. The lowest BCUT2D eigenvalue weighted by Gasteiger charge is -2.05. The maximum atomic E-state index is 12.0. The van der Waals surface area contributed by atoms with Gasteiger partial charge in [0.1, 0.15) is 12.0 Å². The Balaban J connectivity index is 2.02. The lowest BCUT2D eigenvalue weighted by Crippen LogP contribution is -2.25. The molecule has 0 bridgehead atoms. The molecule has 2 aromatic rings. The van der Waals surface area contributed by atoms with Crippen LogP contribution in [-0.4, -0.2) is 26.5 Å². The van der Waals surface area contributed by atoms with Crippen LogP contribution in [0.25, 0.3) is 0 Å². The Morgan fingerprint density at radius 3 is 2.90 bits per heavy atom. The fourth-order valence-electron chi connectivity index (χ4n) is 1.66. The lowest BCUT2D eigenvalue weighted by molar-refractivity contribution is 0.0690. The molecule has 2 rings (SSSR count). The first-order valence-electron chi connectivity index (χ1n) is 5.82. The summed E-state index contributed by atoms with van der Waals surface area (Å²) < 4.78 is 7.55. The number of aryl methyl sites for hydroxylation is 1. The largest absolute Gasteiger partial charge is 0.476 e. The molecule has 0 unspecified atom stereocenters. The van der Waals surface area contributed by atoms with Crippen LogP contribution in [-0.2, 0) is 13.1 Å². The van der Waals surface area contributed by atoms with Crippen LogP contribution in [0.15, 0.2) is 27.4 Å². The molecule has 7 nitrogen and oxygen atoms in total. The predicted octanol–water partition coefficient (Wildman–Crippen LogP) is 1.89. The Morgan fingerprint density at radius 2 is 2.30 bits per heavy atom. The van der Waals surface area contributed by atoms with Crippen LogP contribution < -0.4 is 5.32 Å². The molecule has 2 heterocycles. The Labute approximate surface area is 122 Å². The zero-order valence-electron chi connectivity index (χ0n) is 10.6. The number of carbonyl (C=O) groups excluding carboxylic acids is 1. The van der Waals surface area contributed by atoms with E-state index in [1.807, 2.05) is 13.1 Å². The van der Waals surface area contributed by atoms with Gasteiger partial charge in [-0.05, 0) is 28.9 Å². The van der Waals surface area contributed by atoms with Crippen molar-refractivity contribution in [2.24, 2.45) is 0 Å². The number of rotatable bonds is 5. The first-order valence-corrected chi connectivity index (χ1v) is 6.62. The normalized spacial score (nSPS) is 10.5. The molecule has 0 atom stereocenters. The molecule has 0 fully saturated rings. The Kier molecular flexibility index (Phi) is 4.23. The number of halogens is 1. The van der Waals surface area contributed by atoms with Crippen molar-refractivity contribution in [3.05, 3.63) is 40.3 Å². The molecule has 20 heavy (non-hydrogen) atoms. The van der Waals surface area contributed by atoms with E-state index in [9.17, 15) is 9.59 Å². The average molecular weight is 342 g/mol. The topological polar surface area (TPSA) is 97.4 Å². The van der Waals surface area contributed by atoms with Gasteiger partial charge in [-0.3, -0.25) is 4.79 Å². The molecule has 2 aromatic heterocycles. The standard InChI is InChI=1S/C12H12BrN3O4/c1-2-16-5-7(13)3-9(16)11(17)14-4-10-15-8(6-20-10)12(18)19/h3,5-6H,2,4H2,1H3,(H,14,17)(H,18,19). The second kappa shape index (κ2) is 5.91. The van der Waals surface area contributed by atoms with E-state index >= 15 is 0 Å². The summed E-state index contributed by atoms with van der Waals surface area (Å²) in [5.41, 5.74) is 0.318. The molecule has 0 saturated heterocycles. The van der Waals surface area contributed by atoms with Gasteiger partial charge in [-0.15, -0.1) is 0 Å². The van der Waals surface area contributed by atoms with E-state index in [1.54, 1.807) is 10.6 Å². The molecule has 0 saturated carbocycles. The van der Waals surface area contributed by atoms with E-state index in [0.717, 1.165) is 10.7 Å². The van der Waals surface area contributed by atoms with E-state index in [-0.39, 0.29) is 24.0 Å². The van der Waals surface area contributed by atoms with Crippen molar-refractivity contribution in [2.75, 3.05) is 0 Å². The molecule has 106 valence electrons. The molecule has 2 N–H and O–H groups in total. The van der Waals surface area contributed by atoms with Crippen LogP contribution in [0.1, 0.15) is 33.8 Å². The molecule has 1 amide bonds. The van der Waals surface area contributed by atoms with Crippen LogP contribution >= 0.6 is 15.9 Å². The molecular weight excluding hydrogens is 330 g/mol. The predicted molar refractivity (Wildman–Crippen MR) is 72.4 cm³/mol. The summed E-state index contributed by atoms with van der Waals surface area (Å²) in [7, 11) is 0. The number of aromatic carboxylic acids is 1. The van der Waals surface area contributed by atoms with Crippen molar-refractivity contribution in [3.63, 3.8) is 0 Å². The van der Waals surface area contributed by atoms with Crippen LogP contribution in [0.4, 0.5) is 0 Å². The Morgan fingerprint density at radius 1 is 1.55 bits per heavy atom. The number of amides is 1. The molecule has 0 radical (unpaired) electrons. The smallest absolute Gasteiger partial charge is 0.357 e. The summed E-state index contributed by atoms with van der Waals surface area (Å²) in [6, 6.07) is 1.71. The number of carboxylic acids is 1. The monoisotopic (exact) mass is 341 g/mol. The fourth-order valence-corrected chi connectivity index (χ4v) is 2.13.